The Morgan fingerprint density at radius 1 is 1.42 bits per heavy atom. The van der Waals surface area contributed by atoms with Gasteiger partial charge in [0.15, 0.2) is 0 Å². The fourth-order valence-corrected chi connectivity index (χ4v) is 0.903. The normalized spacial score (nSPS) is 13.2. The van der Waals surface area contributed by atoms with Crippen LogP contribution in [0.3, 0.4) is 0 Å². The van der Waals surface area contributed by atoms with Crippen molar-refractivity contribution in [3.63, 3.8) is 0 Å². The van der Waals surface area contributed by atoms with Gasteiger partial charge < -0.3 is 10.1 Å². The Hall–Kier alpha value is 0.210. The molecule has 1 atom stereocenters. The van der Waals surface area contributed by atoms with Crippen molar-refractivity contribution in [1.29, 1.82) is 0 Å². The van der Waals surface area contributed by atoms with Crippen LogP contribution >= 0.6 is 11.6 Å². The highest BCUT2D eigenvalue weighted by molar-refractivity contribution is 6.20. The van der Waals surface area contributed by atoms with E-state index in [1.807, 2.05) is 6.92 Å². The van der Waals surface area contributed by atoms with E-state index in [2.05, 4.69) is 12.2 Å². The lowest BCUT2D eigenvalue weighted by atomic mass is 10.4. The third-order valence-electron chi connectivity index (χ3n) is 1.49. The van der Waals surface area contributed by atoms with Crippen LogP contribution in [0.1, 0.15) is 26.7 Å². The van der Waals surface area contributed by atoms with Crippen LogP contribution in [0.4, 0.5) is 0 Å². The van der Waals surface area contributed by atoms with Crippen LogP contribution in [0.15, 0.2) is 0 Å². The second-order valence-corrected chi connectivity index (χ2v) is 3.70. The molecule has 1 unspecified atom stereocenters. The summed E-state index contributed by atoms with van der Waals surface area (Å²) in [6.45, 7) is 7.58. The van der Waals surface area contributed by atoms with Crippen molar-refractivity contribution in [1.82, 2.24) is 5.32 Å². The number of unbranched alkanes of at least 4 members (excludes halogenated alkanes) is 1. The summed E-state index contributed by atoms with van der Waals surface area (Å²) in [6.07, 6.45) is 2.36. The Labute approximate surface area is 80.6 Å². The number of nitrogens with one attached hydrogen (secondary N) is 1. The van der Waals surface area contributed by atoms with E-state index < -0.39 is 0 Å². The maximum Gasteiger partial charge on any atom is 0.0590 e. The van der Waals surface area contributed by atoms with E-state index >= 15 is 0 Å². The van der Waals surface area contributed by atoms with Crippen LogP contribution in [0, 0.1) is 0 Å². The van der Waals surface area contributed by atoms with Crippen molar-refractivity contribution < 1.29 is 4.74 Å². The maximum atomic E-state index is 5.74. The molecule has 0 heterocycles. The fourth-order valence-electron chi connectivity index (χ4n) is 0.794. The Balaban J connectivity index is 2.82. The summed E-state index contributed by atoms with van der Waals surface area (Å²) in [7, 11) is 0. The first kappa shape index (κ1) is 12.2. The lowest BCUT2D eigenvalue weighted by Crippen LogP contribution is -2.25. The first-order valence-corrected chi connectivity index (χ1v) is 5.13. The van der Waals surface area contributed by atoms with Gasteiger partial charge in [0, 0.05) is 25.1 Å². The summed E-state index contributed by atoms with van der Waals surface area (Å²) >= 11 is 5.74. The van der Waals surface area contributed by atoms with Gasteiger partial charge in [0.05, 0.1) is 6.61 Å². The average Bonchev–Trinajstić information content (AvgIpc) is 2.02. The van der Waals surface area contributed by atoms with Crippen molar-refractivity contribution in [2.75, 3.05) is 26.3 Å². The molecule has 0 amide bonds. The molecule has 0 fully saturated rings. The quantitative estimate of drug-likeness (QED) is 0.471. The lowest BCUT2D eigenvalue weighted by Gasteiger charge is -2.06. The molecular formula is C9H20ClNO. The topological polar surface area (TPSA) is 21.3 Å². The Morgan fingerprint density at radius 3 is 2.75 bits per heavy atom. The zero-order valence-corrected chi connectivity index (χ0v) is 8.86. The van der Waals surface area contributed by atoms with Gasteiger partial charge in [0.25, 0.3) is 0 Å². The van der Waals surface area contributed by atoms with E-state index in [0.717, 1.165) is 32.7 Å². The van der Waals surface area contributed by atoms with Gasteiger partial charge in [0.1, 0.15) is 0 Å². The highest BCUT2D eigenvalue weighted by Crippen LogP contribution is 1.89. The third kappa shape index (κ3) is 10.2. The highest BCUT2D eigenvalue weighted by Gasteiger charge is 1.93. The standard InChI is InChI=1S/C9H20ClNO/c1-3-4-6-12-7-5-11-8-9(2)10/h9,11H,3-8H2,1-2H3. The molecule has 0 aromatic heterocycles. The number of halogens is 1. The molecule has 0 aliphatic heterocycles. The van der Waals surface area contributed by atoms with Crippen molar-refractivity contribution >= 4 is 11.6 Å². The van der Waals surface area contributed by atoms with Crippen molar-refractivity contribution in [3.05, 3.63) is 0 Å². The fraction of sp³-hybridized carbons (Fsp3) is 1.00. The zero-order chi connectivity index (χ0) is 9.23. The van der Waals surface area contributed by atoms with Gasteiger partial charge in [-0.1, -0.05) is 13.3 Å². The molecule has 1 N–H and O–H groups in total. The molecule has 0 saturated heterocycles. The Morgan fingerprint density at radius 2 is 2.17 bits per heavy atom. The van der Waals surface area contributed by atoms with Gasteiger partial charge in [-0.15, -0.1) is 11.6 Å². The summed E-state index contributed by atoms with van der Waals surface area (Å²) in [6, 6.07) is 0. The number of rotatable bonds is 8. The SMILES string of the molecule is CCCCOCCNCC(C)Cl. The van der Waals surface area contributed by atoms with Crippen LogP contribution in [-0.4, -0.2) is 31.7 Å². The van der Waals surface area contributed by atoms with E-state index in [4.69, 9.17) is 16.3 Å². The minimum atomic E-state index is 0.209. The molecule has 0 aromatic carbocycles. The molecule has 12 heavy (non-hydrogen) atoms. The molecule has 0 saturated carbocycles. The molecular weight excluding hydrogens is 174 g/mol. The van der Waals surface area contributed by atoms with E-state index in [1.54, 1.807) is 0 Å². The van der Waals surface area contributed by atoms with Crippen LogP contribution in [-0.2, 0) is 4.74 Å². The van der Waals surface area contributed by atoms with Gasteiger partial charge in [-0.05, 0) is 13.3 Å². The smallest absolute Gasteiger partial charge is 0.0590 e. The predicted molar refractivity (Wildman–Crippen MR) is 53.9 cm³/mol. The first-order chi connectivity index (χ1) is 5.77. The highest BCUT2D eigenvalue weighted by atomic mass is 35.5. The number of ether oxygens (including phenoxy) is 1. The maximum absolute atomic E-state index is 5.74. The van der Waals surface area contributed by atoms with Gasteiger partial charge in [-0.3, -0.25) is 0 Å². The van der Waals surface area contributed by atoms with Crippen molar-refractivity contribution in [2.24, 2.45) is 0 Å². The Kier molecular flexibility index (Phi) is 9.46. The Bertz CT molecular complexity index is 88.6. The number of hydrogen-bond donors (Lipinski definition) is 1. The first-order valence-electron chi connectivity index (χ1n) is 4.70. The molecule has 0 aliphatic rings. The van der Waals surface area contributed by atoms with Crippen molar-refractivity contribution in [2.45, 2.75) is 32.1 Å². The second kappa shape index (κ2) is 9.30. The summed E-state index contributed by atoms with van der Waals surface area (Å²) < 4.78 is 5.35. The summed E-state index contributed by atoms with van der Waals surface area (Å²) in [5.41, 5.74) is 0. The monoisotopic (exact) mass is 193 g/mol. The van der Waals surface area contributed by atoms with Crippen LogP contribution in [0.5, 0.6) is 0 Å². The number of alkyl halides is 1. The summed E-state index contributed by atoms with van der Waals surface area (Å²) in [4.78, 5) is 0. The molecule has 0 aromatic rings. The molecule has 0 bridgehead atoms. The molecule has 74 valence electrons. The second-order valence-electron chi connectivity index (χ2n) is 2.95. The van der Waals surface area contributed by atoms with Crippen molar-refractivity contribution in [3.8, 4) is 0 Å². The van der Waals surface area contributed by atoms with Gasteiger partial charge >= 0.3 is 0 Å². The van der Waals surface area contributed by atoms with E-state index in [0.29, 0.717) is 0 Å². The minimum Gasteiger partial charge on any atom is -0.380 e. The van der Waals surface area contributed by atoms with Gasteiger partial charge in [0.2, 0.25) is 0 Å². The molecule has 0 aliphatic carbocycles. The predicted octanol–water partition coefficient (Wildman–Crippen LogP) is 2.02. The van der Waals surface area contributed by atoms with Crippen LogP contribution in [0.25, 0.3) is 0 Å². The molecule has 3 heteroatoms. The molecule has 0 spiro atoms. The number of hydrogen-bond acceptors (Lipinski definition) is 2. The average molecular weight is 194 g/mol. The molecule has 0 radical (unpaired) electrons. The molecule has 2 nitrogen and oxygen atoms in total. The summed E-state index contributed by atoms with van der Waals surface area (Å²) in [5, 5.41) is 3.41. The van der Waals surface area contributed by atoms with Gasteiger partial charge in [-0.2, -0.15) is 0 Å². The minimum absolute atomic E-state index is 0.209. The largest absolute Gasteiger partial charge is 0.380 e. The van der Waals surface area contributed by atoms with E-state index in [1.165, 1.54) is 6.42 Å². The lowest BCUT2D eigenvalue weighted by molar-refractivity contribution is 0.133. The third-order valence-corrected chi connectivity index (χ3v) is 1.65. The van der Waals surface area contributed by atoms with E-state index in [9.17, 15) is 0 Å². The van der Waals surface area contributed by atoms with Crippen LogP contribution in [0.2, 0.25) is 0 Å². The zero-order valence-electron chi connectivity index (χ0n) is 8.11. The molecule has 0 rings (SSSR count). The van der Waals surface area contributed by atoms with Crippen LogP contribution < -0.4 is 5.32 Å². The summed E-state index contributed by atoms with van der Waals surface area (Å²) in [5.74, 6) is 0. The van der Waals surface area contributed by atoms with E-state index in [-0.39, 0.29) is 5.38 Å². The van der Waals surface area contributed by atoms with Gasteiger partial charge in [-0.25, -0.2) is 0 Å².